The Morgan fingerprint density at radius 2 is 2.00 bits per heavy atom. The fraction of sp³-hybridized carbons (Fsp3) is 0.625. The summed E-state index contributed by atoms with van der Waals surface area (Å²) in [7, 11) is 0. The lowest BCUT2D eigenvalue weighted by atomic mass is 9.96. The largest absolute Gasteiger partial charge is 0.323 e. The van der Waals surface area contributed by atoms with Gasteiger partial charge < -0.3 is 5.73 Å². The zero-order valence-electron chi connectivity index (χ0n) is 11.3. The Hall–Kier alpha value is -0.860. The highest BCUT2D eigenvalue weighted by Gasteiger charge is 2.36. The van der Waals surface area contributed by atoms with Crippen molar-refractivity contribution in [2.75, 3.05) is 6.54 Å². The summed E-state index contributed by atoms with van der Waals surface area (Å²) in [5.41, 5.74) is 9.45. The van der Waals surface area contributed by atoms with Crippen molar-refractivity contribution in [3.8, 4) is 0 Å². The molecular formula is C16H24N2. The fourth-order valence-corrected chi connectivity index (χ4v) is 3.52. The van der Waals surface area contributed by atoms with Crippen LogP contribution in [0.1, 0.15) is 49.8 Å². The average molecular weight is 244 g/mol. The van der Waals surface area contributed by atoms with Gasteiger partial charge in [0.15, 0.2) is 0 Å². The summed E-state index contributed by atoms with van der Waals surface area (Å²) >= 11 is 0. The summed E-state index contributed by atoms with van der Waals surface area (Å²) in [5.74, 6) is 0. The van der Waals surface area contributed by atoms with Crippen LogP contribution in [0.5, 0.6) is 0 Å². The van der Waals surface area contributed by atoms with Gasteiger partial charge in [-0.25, -0.2) is 0 Å². The minimum absolute atomic E-state index is 0.198. The third-order valence-electron chi connectivity index (χ3n) is 4.58. The minimum atomic E-state index is 0.198. The van der Waals surface area contributed by atoms with Gasteiger partial charge in [0.1, 0.15) is 0 Å². The Labute approximate surface area is 110 Å². The number of nitrogens with two attached hydrogens (primary N) is 1. The highest BCUT2D eigenvalue weighted by atomic mass is 15.2. The molecule has 98 valence electrons. The second-order valence-electron chi connectivity index (χ2n) is 5.75. The van der Waals surface area contributed by atoms with Crippen molar-refractivity contribution in [1.82, 2.24) is 4.90 Å². The van der Waals surface area contributed by atoms with Crippen molar-refractivity contribution in [3.05, 3.63) is 35.4 Å². The molecule has 2 N–H and O–H groups in total. The molecule has 0 radical (unpaired) electrons. The molecule has 1 fully saturated rings. The normalized spacial score (nSPS) is 27.9. The molecule has 2 atom stereocenters. The average Bonchev–Trinajstić information content (AvgIpc) is 3.22. The van der Waals surface area contributed by atoms with Crippen molar-refractivity contribution >= 4 is 0 Å². The first kappa shape index (κ1) is 12.2. The van der Waals surface area contributed by atoms with Gasteiger partial charge in [0, 0.05) is 18.1 Å². The SMILES string of the molecule is CCN(C1CC1)C1CCCc2ccccc2C1N. The third-order valence-corrected chi connectivity index (χ3v) is 4.58. The lowest BCUT2D eigenvalue weighted by molar-refractivity contribution is 0.161. The van der Waals surface area contributed by atoms with Crippen molar-refractivity contribution < 1.29 is 0 Å². The maximum Gasteiger partial charge on any atom is 0.0455 e. The molecule has 1 aromatic carbocycles. The quantitative estimate of drug-likeness (QED) is 0.828. The van der Waals surface area contributed by atoms with E-state index in [1.165, 1.54) is 43.2 Å². The van der Waals surface area contributed by atoms with Crippen LogP contribution in [0, 0.1) is 0 Å². The van der Waals surface area contributed by atoms with E-state index in [1.807, 2.05) is 0 Å². The summed E-state index contributed by atoms with van der Waals surface area (Å²) in [6.07, 6.45) is 6.47. The zero-order chi connectivity index (χ0) is 12.5. The Balaban J connectivity index is 1.88. The van der Waals surface area contributed by atoms with Crippen molar-refractivity contribution in [2.24, 2.45) is 5.73 Å². The maximum atomic E-state index is 6.59. The van der Waals surface area contributed by atoms with E-state index in [1.54, 1.807) is 0 Å². The van der Waals surface area contributed by atoms with E-state index >= 15 is 0 Å². The number of nitrogens with zero attached hydrogens (tertiary/aromatic N) is 1. The van der Waals surface area contributed by atoms with Gasteiger partial charge in [0.05, 0.1) is 0 Å². The molecule has 0 aliphatic heterocycles. The summed E-state index contributed by atoms with van der Waals surface area (Å²) in [6.45, 7) is 3.42. The van der Waals surface area contributed by atoms with Gasteiger partial charge in [0.2, 0.25) is 0 Å². The highest BCUT2D eigenvalue weighted by molar-refractivity contribution is 5.32. The summed E-state index contributed by atoms with van der Waals surface area (Å²) in [5, 5.41) is 0. The van der Waals surface area contributed by atoms with E-state index in [2.05, 4.69) is 36.1 Å². The van der Waals surface area contributed by atoms with E-state index < -0.39 is 0 Å². The van der Waals surface area contributed by atoms with E-state index in [-0.39, 0.29) is 6.04 Å². The van der Waals surface area contributed by atoms with Gasteiger partial charge in [-0.05, 0) is 49.8 Å². The maximum absolute atomic E-state index is 6.59. The van der Waals surface area contributed by atoms with Gasteiger partial charge in [-0.15, -0.1) is 0 Å². The second kappa shape index (κ2) is 5.02. The number of likely N-dealkylation sites (N-methyl/N-ethyl adjacent to an activating group) is 1. The predicted molar refractivity (Wildman–Crippen MR) is 75.5 cm³/mol. The molecule has 2 aliphatic rings. The van der Waals surface area contributed by atoms with Crippen LogP contribution in [-0.2, 0) is 6.42 Å². The molecule has 1 saturated carbocycles. The number of rotatable bonds is 3. The predicted octanol–water partition coefficient (Wildman–Crippen LogP) is 2.88. The molecule has 2 unspecified atom stereocenters. The molecule has 3 rings (SSSR count). The molecule has 1 aromatic rings. The fourth-order valence-electron chi connectivity index (χ4n) is 3.52. The molecule has 18 heavy (non-hydrogen) atoms. The van der Waals surface area contributed by atoms with Gasteiger partial charge in [-0.2, -0.15) is 0 Å². The van der Waals surface area contributed by atoms with E-state index in [4.69, 9.17) is 5.73 Å². The van der Waals surface area contributed by atoms with Crippen LogP contribution in [0.2, 0.25) is 0 Å². The van der Waals surface area contributed by atoms with Crippen molar-refractivity contribution in [3.63, 3.8) is 0 Å². The van der Waals surface area contributed by atoms with Crippen LogP contribution >= 0.6 is 0 Å². The Bertz CT molecular complexity index is 411. The van der Waals surface area contributed by atoms with E-state index in [9.17, 15) is 0 Å². The summed E-state index contributed by atoms with van der Waals surface area (Å²) in [4.78, 5) is 2.66. The lowest BCUT2D eigenvalue weighted by Crippen LogP contribution is -2.43. The Kier molecular flexibility index (Phi) is 3.40. The van der Waals surface area contributed by atoms with Crippen molar-refractivity contribution in [2.45, 2.75) is 57.2 Å². The number of benzene rings is 1. The zero-order valence-corrected chi connectivity index (χ0v) is 11.3. The molecule has 0 heterocycles. The Morgan fingerprint density at radius 3 is 2.72 bits per heavy atom. The number of fused-ring (bicyclic) bond motifs is 1. The second-order valence-corrected chi connectivity index (χ2v) is 5.75. The van der Waals surface area contributed by atoms with E-state index in [0.717, 1.165) is 12.6 Å². The highest BCUT2D eigenvalue weighted by Crippen LogP contribution is 2.36. The molecule has 0 amide bonds. The molecule has 2 nitrogen and oxygen atoms in total. The van der Waals surface area contributed by atoms with E-state index in [0.29, 0.717) is 6.04 Å². The van der Waals surface area contributed by atoms with Gasteiger partial charge in [0.25, 0.3) is 0 Å². The van der Waals surface area contributed by atoms with Crippen LogP contribution in [0.4, 0.5) is 0 Å². The standard InChI is InChI=1S/C16H24N2/c1-2-18(13-10-11-13)15-9-5-7-12-6-3-4-8-14(12)16(15)17/h3-4,6,8,13,15-16H,2,5,7,9-11,17H2,1H3. The van der Waals surface area contributed by atoms with Crippen LogP contribution in [-0.4, -0.2) is 23.5 Å². The topological polar surface area (TPSA) is 29.3 Å². The molecule has 0 spiro atoms. The van der Waals surface area contributed by atoms with Crippen LogP contribution < -0.4 is 5.73 Å². The molecule has 0 saturated heterocycles. The number of hydrogen-bond acceptors (Lipinski definition) is 2. The van der Waals surface area contributed by atoms with Gasteiger partial charge in [-0.1, -0.05) is 31.2 Å². The first-order valence-electron chi connectivity index (χ1n) is 7.40. The summed E-state index contributed by atoms with van der Waals surface area (Å²) in [6, 6.07) is 10.3. The number of hydrogen-bond donors (Lipinski definition) is 1. The molecule has 2 heteroatoms. The molecular weight excluding hydrogens is 220 g/mol. The molecule has 0 aromatic heterocycles. The third kappa shape index (κ3) is 2.19. The Morgan fingerprint density at radius 1 is 1.22 bits per heavy atom. The lowest BCUT2D eigenvalue weighted by Gasteiger charge is -2.34. The smallest absolute Gasteiger partial charge is 0.0455 e. The van der Waals surface area contributed by atoms with Crippen molar-refractivity contribution in [1.29, 1.82) is 0 Å². The summed E-state index contributed by atoms with van der Waals surface area (Å²) < 4.78 is 0. The monoisotopic (exact) mass is 244 g/mol. The van der Waals surface area contributed by atoms with Crippen LogP contribution in [0.3, 0.4) is 0 Å². The molecule has 2 aliphatic carbocycles. The van der Waals surface area contributed by atoms with Gasteiger partial charge >= 0.3 is 0 Å². The number of aryl methyl sites for hydroxylation is 1. The van der Waals surface area contributed by atoms with Crippen LogP contribution in [0.15, 0.2) is 24.3 Å². The minimum Gasteiger partial charge on any atom is -0.323 e. The first-order chi connectivity index (χ1) is 8.81. The molecule has 0 bridgehead atoms. The van der Waals surface area contributed by atoms with Crippen LogP contribution in [0.25, 0.3) is 0 Å². The van der Waals surface area contributed by atoms with Gasteiger partial charge in [-0.3, -0.25) is 4.90 Å². The first-order valence-corrected chi connectivity index (χ1v) is 7.40.